The highest BCUT2D eigenvalue weighted by Gasteiger charge is 2.31. The zero-order valence-corrected chi connectivity index (χ0v) is 11.2. The topological polar surface area (TPSA) is 34.1 Å². The van der Waals surface area contributed by atoms with Crippen LogP contribution in [0.1, 0.15) is 31.8 Å². The first kappa shape index (κ1) is 12.8. The number of carbonyl (C=O) groups is 2. The van der Waals surface area contributed by atoms with Crippen LogP contribution in [0.25, 0.3) is 10.8 Å². The fraction of sp³-hybridized carbons (Fsp3) is 0. The zero-order chi connectivity index (χ0) is 15.4. The van der Waals surface area contributed by atoms with Crippen molar-refractivity contribution in [2.24, 2.45) is 0 Å². The molecule has 0 radical (unpaired) electrons. The maximum Gasteiger partial charge on any atom is 0.194 e. The van der Waals surface area contributed by atoms with Gasteiger partial charge in [0.2, 0.25) is 0 Å². The number of carbonyl (C=O) groups excluding carboxylic acids is 2. The van der Waals surface area contributed by atoms with E-state index in [0.29, 0.717) is 0 Å². The average molecular weight is 294 g/mol. The van der Waals surface area contributed by atoms with Crippen molar-refractivity contribution in [3.63, 3.8) is 0 Å². The van der Waals surface area contributed by atoms with Gasteiger partial charge in [0.15, 0.2) is 23.2 Å². The highest BCUT2D eigenvalue weighted by Crippen LogP contribution is 2.31. The normalized spacial score (nSPS) is 13.2. The van der Waals surface area contributed by atoms with Gasteiger partial charge in [0.1, 0.15) is 0 Å². The van der Waals surface area contributed by atoms with Gasteiger partial charge in [-0.25, -0.2) is 8.78 Å². The standard InChI is InChI=1S/C18H8F2O2/c19-15-7-13-14(8-16(15)20)18(22)12-6-10-4-2-1-3-9(10)5-11(12)17(13)21/h1-8H. The molecule has 106 valence electrons. The van der Waals surface area contributed by atoms with Crippen molar-refractivity contribution in [3.8, 4) is 0 Å². The maximum atomic E-state index is 13.4. The van der Waals surface area contributed by atoms with Gasteiger partial charge in [-0.3, -0.25) is 9.59 Å². The molecule has 3 aromatic rings. The van der Waals surface area contributed by atoms with Crippen LogP contribution >= 0.6 is 0 Å². The van der Waals surface area contributed by atoms with Crippen molar-refractivity contribution in [2.75, 3.05) is 0 Å². The van der Waals surface area contributed by atoms with Crippen LogP contribution in [0.15, 0.2) is 48.5 Å². The number of halogens is 2. The predicted octanol–water partition coefficient (Wildman–Crippen LogP) is 3.89. The molecule has 1 aliphatic rings. The minimum atomic E-state index is -1.14. The van der Waals surface area contributed by atoms with Crippen LogP contribution in [0.4, 0.5) is 8.78 Å². The molecule has 0 heterocycles. The van der Waals surface area contributed by atoms with E-state index in [0.717, 1.165) is 22.9 Å². The molecule has 0 saturated carbocycles. The predicted molar refractivity (Wildman–Crippen MR) is 77.2 cm³/mol. The summed E-state index contributed by atoms with van der Waals surface area (Å²) in [6.45, 7) is 0. The second-order valence-electron chi connectivity index (χ2n) is 5.22. The molecule has 4 rings (SSSR count). The summed E-state index contributed by atoms with van der Waals surface area (Å²) in [4.78, 5) is 25.0. The van der Waals surface area contributed by atoms with Gasteiger partial charge < -0.3 is 0 Å². The summed E-state index contributed by atoms with van der Waals surface area (Å²) in [5.74, 6) is -3.20. The van der Waals surface area contributed by atoms with Crippen molar-refractivity contribution in [1.29, 1.82) is 0 Å². The number of hydrogen-bond acceptors (Lipinski definition) is 2. The lowest BCUT2D eigenvalue weighted by atomic mass is 9.82. The van der Waals surface area contributed by atoms with Gasteiger partial charge in [-0.15, -0.1) is 0 Å². The summed E-state index contributed by atoms with van der Waals surface area (Å²) in [6.07, 6.45) is 0. The summed E-state index contributed by atoms with van der Waals surface area (Å²) in [5, 5.41) is 1.63. The summed E-state index contributed by atoms with van der Waals surface area (Å²) >= 11 is 0. The largest absolute Gasteiger partial charge is 0.289 e. The van der Waals surface area contributed by atoms with Crippen LogP contribution in [-0.4, -0.2) is 11.6 Å². The molecule has 0 N–H and O–H groups in total. The quantitative estimate of drug-likeness (QED) is 0.493. The zero-order valence-electron chi connectivity index (χ0n) is 11.2. The van der Waals surface area contributed by atoms with E-state index in [1.807, 2.05) is 24.3 Å². The molecule has 0 bridgehead atoms. The summed E-state index contributed by atoms with van der Waals surface area (Å²) in [7, 11) is 0. The third-order valence-electron chi connectivity index (χ3n) is 3.92. The summed E-state index contributed by atoms with van der Waals surface area (Å²) in [6, 6.07) is 12.1. The number of rotatable bonds is 0. The number of fused-ring (bicyclic) bond motifs is 3. The lowest BCUT2D eigenvalue weighted by Gasteiger charge is -2.18. The third kappa shape index (κ3) is 1.64. The lowest BCUT2D eigenvalue weighted by molar-refractivity contribution is 0.0978. The average Bonchev–Trinajstić information content (AvgIpc) is 2.53. The van der Waals surface area contributed by atoms with E-state index in [1.165, 1.54) is 0 Å². The molecular formula is C18H8F2O2. The molecule has 0 aromatic heterocycles. The molecule has 0 aliphatic heterocycles. The Morgan fingerprint density at radius 3 is 1.36 bits per heavy atom. The van der Waals surface area contributed by atoms with E-state index in [-0.39, 0.29) is 22.3 Å². The lowest BCUT2D eigenvalue weighted by Crippen LogP contribution is -2.21. The monoisotopic (exact) mass is 294 g/mol. The van der Waals surface area contributed by atoms with Crippen LogP contribution in [-0.2, 0) is 0 Å². The van der Waals surface area contributed by atoms with Crippen molar-refractivity contribution < 1.29 is 18.4 Å². The molecule has 3 aromatic carbocycles. The summed E-state index contributed by atoms with van der Waals surface area (Å²) < 4.78 is 26.8. The van der Waals surface area contributed by atoms with Crippen molar-refractivity contribution in [3.05, 3.63) is 82.4 Å². The Hall–Kier alpha value is -2.88. The van der Waals surface area contributed by atoms with Gasteiger partial charge >= 0.3 is 0 Å². The van der Waals surface area contributed by atoms with Gasteiger partial charge in [0.25, 0.3) is 0 Å². The molecule has 0 unspecified atom stereocenters. The molecule has 0 fully saturated rings. The minimum absolute atomic E-state index is 0.0910. The van der Waals surface area contributed by atoms with Crippen molar-refractivity contribution >= 4 is 22.3 Å². The first-order chi connectivity index (χ1) is 10.6. The van der Waals surface area contributed by atoms with E-state index >= 15 is 0 Å². The fourth-order valence-electron chi connectivity index (χ4n) is 2.83. The van der Waals surface area contributed by atoms with Crippen molar-refractivity contribution in [2.45, 2.75) is 0 Å². The Balaban J connectivity index is 2.05. The van der Waals surface area contributed by atoms with E-state index in [9.17, 15) is 18.4 Å². The van der Waals surface area contributed by atoms with Gasteiger partial charge in [-0.2, -0.15) is 0 Å². The number of hydrogen-bond donors (Lipinski definition) is 0. The van der Waals surface area contributed by atoms with E-state index in [2.05, 4.69) is 0 Å². The van der Waals surface area contributed by atoms with Crippen molar-refractivity contribution in [1.82, 2.24) is 0 Å². The van der Waals surface area contributed by atoms with Crippen LogP contribution < -0.4 is 0 Å². The second-order valence-corrected chi connectivity index (χ2v) is 5.22. The van der Waals surface area contributed by atoms with Gasteiger partial charge in [0.05, 0.1) is 0 Å². The molecule has 4 heteroatoms. The highest BCUT2D eigenvalue weighted by molar-refractivity contribution is 6.29. The molecule has 1 aliphatic carbocycles. The molecule has 0 atom stereocenters. The maximum absolute atomic E-state index is 13.4. The van der Waals surface area contributed by atoms with E-state index in [1.54, 1.807) is 12.1 Å². The number of benzene rings is 3. The SMILES string of the molecule is O=C1c2cc(F)c(F)cc2C(=O)c2cc3ccccc3cc21. The molecule has 0 saturated heterocycles. The van der Waals surface area contributed by atoms with Gasteiger partial charge in [-0.1, -0.05) is 24.3 Å². The van der Waals surface area contributed by atoms with E-state index in [4.69, 9.17) is 0 Å². The first-order valence-corrected chi connectivity index (χ1v) is 6.67. The molecule has 22 heavy (non-hydrogen) atoms. The Morgan fingerprint density at radius 1 is 0.591 bits per heavy atom. The fourth-order valence-corrected chi connectivity index (χ4v) is 2.83. The first-order valence-electron chi connectivity index (χ1n) is 6.67. The van der Waals surface area contributed by atoms with E-state index < -0.39 is 23.2 Å². The minimum Gasteiger partial charge on any atom is -0.289 e. The summed E-state index contributed by atoms with van der Waals surface area (Å²) in [5.41, 5.74) is 0.266. The molecule has 2 nitrogen and oxygen atoms in total. The van der Waals surface area contributed by atoms with Crippen LogP contribution in [0.2, 0.25) is 0 Å². The smallest absolute Gasteiger partial charge is 0.194 e. The Kier molecular flexibility index (Phi) is 2.51. The van der Waals surface area contributed by atoms with Crippen LogP contribution in [0, 0.1) is 11.6 Å². The molecule has 0 amide bonds. The number of ketones is 2. The second kappa shape index (κ2) is 4.31. The Morgan fingerprint density at radius 2 is 0.955 bits per heavy atom. The molecular weight excluding hydrogens is 286 g/mol. The Labute approximate surface area is 124 Å². The third-order valence-corrected chi connectivity index (χ3v) is 3.92. The molecule has 0 spiro atoms. The van der Waals surface area contributed by atoms with Gasteiger partial charge in [-0.05, 0) is 35.0 Å². The highest BCUT2D eigenvalue weighted by atomic mass is 19.2. The van der Waals surface area contributed by atoms with Crippen LogP contribution in [0.5, 0.6) is 0 Å². The van der Waals surface area contributed by atoms with Gasteiger partial charge in [0, 0.05) is 22.3 Å². The Bertz CT molecular complexity index is 910. The van der Waals surface area contributed by atoms with Crippen LogP contribution in [0.3, 0.4) is 0 Å².